The third-order valence-corrected chi connectivity index (χ3v) is 5.19. The minimum atomic E-state index is 0.0443. The molecule has 0 radical (unpaired) electrons. The van der Waals surface area contributed by atoms with Gasteiger partial charge in [0, 0.05) is 12.6 Å². The molecule has 3 aliphatic rings. The maximum absolute atomic E-state index is 12.7. The van der Waals surface area contributed by atoms with Gasteiger partial charge in [-0.15, -0.1) is 0 Å². The van der Waals surface area contributed by atoms with E-state index in [-0.39, 0.29) is 12.2 Å². The predicted octanol–water partition coefficient (Wildman–Crippen LogP) is 1.42. The van der Waals surface area contributed by atoms with Crippen LogP contribution in [0.4, 0.5) is 0 Å². The summed E-state index contributed by atoms with van der Waals surface area (Å²) in [5.74, 6) is 0.830. The van der Waals surface area contributed by atoms with E-state index >= 15 is 0 Å². The van der Waals surface area contributed by atoms with Crippen LogP contribution in [0.3, 0.4) is 0 Å². The first-order chi connectivity index (χ1) is 9.13. The van der Waals surface area contributed by atoms with Gasteiger partial charge in [-0.2, -0.15) is 0 Å². The summed E-state index contributed by atoms with van der Waals surface area (Å²) in [6, 6.07) is 1.12. The van der Waals surface area contributed by atoms with Crippen molar-refractivity contribution in [2.45, 2.75) is 70.7 Å². The SMILES string of the molecule is CCC1NC(C(C)C)N(C2CCN3CCCC23)C1=O. The standard InChI is InChI=1S/C15H27N3O/c1-4-11-15(19)18(14(16-11)10(2)3)13-7-9-17-8-5-6-12(13)17/h10-14,16H,4-9H2,1-3H3. The molecule has 0 saturated carbocycles. The largest absolute Gasteiger partial charge is 0.321 e. The number of carbonyl (C=O) groups excluding carboxylic acids is 1. The number of amides is 1. The zero-order valence-electron chi connectivity index (χ0n) is 12.4. The van der Waals surface area contributed by atoms with E-state index in [9.17, 15) is 4.79 Å². The number of rotatable bonds is 3. The Hall–Kier alpha value is -0.610. The summed E-state index contributed by atoms with van der Waals surface area (Å²) in [6.07, 6.45) is 4.89. The molecule has 19 heavy (non-hydrogen) atoms. The summed E-state index contributed by atoms with van der Waals surface area (Å²) in [6.45, 7) is 8.96. The molecule has 0 aromatic heterocycles. The predicted molar refractivity (Wildman–Crippen MR) is 75.7 cm³/mol. The van der Waals surface area contributed by atoms with Gasteiger partial charge in [-0.05, 0) is 38.1 Å². The van der Waals surface area contributed by atoms with E-state index < -0.39 is 0 Å². The molecule has 3 aliphatic heterocycles. The average molecular weight is 265 g/mol. The number of fused-ring (bicyclic) bond motifs is 1. The van der Waals surface area contributed by atoms with Crippen LogP contribution in [-0.2, 0) is 4.79 Å². The van der Waals surface area contributed by atoms with Crippen LogP contribution in [0.2, 0.25) is 0 Å². The third kappa shape index (κ3) is 2.09. The molecule has 0 bridgehead atoms. The van der Waals surface area contributed by atoms with Crippen LogP contribution in [0.15, 0.2) is 0 Å². The Kier molecular flexibility index (Phi) is 3.56. The third-order valence-electron chi connectivity index (χ3n) is 5.19. The molecule has 108 valence electrons. The minimum Gasteiger partial charge on any atom is -0.321 e. The molecule has 0 aromatic carbocycles. The van der Waals surface area contributed by atoms with Crippen molar-refractivity contribution >= 4 is 5.91 Å². The van der Waals surface area contributed by atoms with Gasteiger partial charge in [-0.25, -0.2) is 0 Å². The monoisotopic (exact) mass is 265 g/mol. The van der Waals surface area contributed by atoms with Crippen LogP contribution in [0.1, 0.15) is 46.5 Å². The smallest absolute Gasteiger partial charge is 0.241 e. The fraction of sp³-hybridized carbons (Fsp3) is 0.933. The summed E-state index contributed by atoms with van der Waals surface area (Å²) in [4.78, 5) is 17.5. The number of hydrogen-bond donors (Lipinski definition) is 1. The fourth-order valence-electron chi connectivity index (χ4n) is 4.23. The normalized spacial score (nSPS) is 39.6. The van der Waals surface area contributed by atoms with Crippen molar-refractivity contribution in [3.63, 3.8) is 0 Å². The van der Waals surface area contributed by atoms with Gasteiger partial charge in [0.1, 0.15) is 0 Å². The summed E-state index contributed by atoms with van der Waals surface area (Å²) < 4.78 is 0. The van der Waals surface area contributed by atoms with Gasteiger partial charge in [-0.3, -0.25) is 15.0 Å². The van der Waals surface area contributed by atoms with Crippen molar-refractivity contribution < 1.29 is 4.79 Å². The van der Waals surface area contributed by atoms with Crippen molar-refractivity contribution in [1.29, 1.82) is 0 Å². The van der Waals surface area contributed by atoms with E-state index in [4.69, 9.17) is 0 Å². The Balaban J connectivity index is 1.82. The van der Waals surface area contributed by atoms with Crippen molar-refractivity contribution in [2.24, 2.45) is 5.92 Å². The van der Waals surface area contributed by atoms with Crippen LogP contribution < -0.4 is 5.32 Å². The van der Waals surface area contributed by atoms with E-state index in [1.165, 1.54) is 25.9 Å². The fourth-order valence-corrected chi connectivity index (χ4v) is 4.23. The first-order valence-corrected chi connectivity index (χ1v) is 7.95. The Bertz CT molecular complexity index is 357. The summed E-state index contributed by atoms with van der Waals surface area (Å²) in [5, 5.41) is 3.55. The average Bonchev–Trinajstić information content (AvgIpc) is 3.02. The maximum Gasteiger partial charge on any atom is 0.241 e. The van der Waals surface area contributed by atoms with Gasteiger partial charge in [0.15, 0.2) is 0 Å². The quantitative estimate of drug-likeness (QED) is 0.838. The second-order valence-electron chi connectivity index (χ2n) is 6.66. The molecule has 0 spiro atoms. The highest BCUT2D eigenvalue weighted by Gasteiger charge is 2.49. The molecule has 3 fully saturated rings. The lowest BCUT2D eigenvalue weighted by atomic mass is 10.0. The van der Waals surface area contributed by atoms with Crippen LogP contribution in [0.5, 0.6) is 0 Å². The molecule has 0 aromatic rings. The molecule has 3 rings (SSSR count). The first kappa shape index (κ1) is 13.4. The molecule has 1 amide bonds. The van der Waals surface area contributed by atoms with E-state index in [0.717, 1.165) is 12.8 Å². The molecule has 3 saturated heterocycles. The summed E-state index contributed by atoms with van der Waals surface area (Å²) in [5.41, 5.74) is 0. The number of carbonyl (C=O) groups is 1. The van der Waals surface area contributed by atoms with Gasteiger partial charge < -0.3 is 4.90 Å². The van der Waals surface area contributed by atoms with Crippen molar-refractivity contribution in [1.82, 2.24) is 15.1 Å². The lowest BCUT2D eigenvalue weighted by Gasteiger charge is -2.35. The van der Waals surface area contributed by atoms with E-state index in [0.29, 0.717) is 23.9 Å². The second-order valence-corrected chi connectivity index (χ2v) is 6.66. The van der Waals surface area contributed by atoms with E-state index in [1.54, 1.807) is 0 Å². The number of hydrogen-bond acceptors (Lipinski definition) is 3. The van der Waals surface area contributed by atoms with Crippen LogP contribution in [0, 0.1) is 5.92 Å². The minimum absolute atomic E-state index is 0.0443. The number of nitrogens with zero attached hydrogens (tertiary/aromatic N) is 2. The lowest BCUT2D eigenvalue weighted by molar-refractivity contribution is -0.133. The van der Waals surface area contributed by atoms with Gasteiger partial charge >= 0.3 is 0 Å². The van der Waals surface area contributed by atoms with Crippen molar-refractivity contribution in [3.8, 4) is 0 Å². The molecule has 0 aliphatic carbocycles. The summed E-state index contributed by atoms with van der Waals surface area (Å²) >= 11 is 0. The Morgan fingerprint density at radius 3 is 2.74 bits per heavy atom. The van der Waals surface area contributed by atoms with Crippen LogP contribution in [-0.4, -0.2) is 53.1 Å². The Labute approximate surface area is 116 Å². The van der Waals surface area contributed by atoms with Gasteiger partial charge in [0.2, 0.25) is 5.91 Å². The molecule has 3 heterocycles. The molecular formula is C15H27N3O. The highest BCUT2D eigenvalue weighted by molar-refractivity contribution is 5.84. The van der Waals surface area contributed by atoms with Crippen molar-refractivity contribution in [2.75, 3.05) is 13.1 Å². The van der Waals surface area contributed by atoms with E-state index in [1.807, 2.05) is 0 Å². The van der Waals surface area contributed by atoms with Gasteiger partial charge in [-0.1, -0.05) is 20.8 Å². The Morgan fingerprint density at radius 1 is 1.26 bits per heavy atom. The van der Waals surface area contributed by atoms with Crippen molar-refractivity contribution in [3.05, 3.63) is 0 Å². The zero-order valence-corrected chi connectivity index (χ0v) is 12.4. The first-order valence-electron chi connectivity index (χ1n) is 7.95. The highest BCUT2D eigenvalue weighted by atomic mass is 16.2. The molecule has 4 atom stereocenters. The highest BCUT2D eigenvalue weighted by Crippen LogP contribution is 2.35. The van der Waals surface area contributed by atoms with Gasteiger partial charge in [0.05, 0.1) is 18.2 Å². The zero-order chi connectivity index (χ0) is 13.6. The molecule has 4 unspecified atom stereocenters. The molecule has 1 N–H and O–H groups in total. The van der Waals surface area contributed by atoms with Crippen LogP contribution >= 0.6 is 0 Å². The lowest BCUT2D eigenvalue weighted by Crippen LogP contribution is -2.51. The maximum atomic E-state index is 12.7. The summed E-state index contributed by atoms with van der Waals surface area (Å²) in [7, 11) is 0. The molecular weight excluding hydrogens is 238 g/mol. The molecule has 4 heteroatoms. The Morgan fingerprint density at radius 2 is 2.05 bits per heavy atom. The van der Waals surface area contributed by atoms with Gasteiger partial charge in [0.25, 0.3) is 0 Å². The molecule has 4 nitrogen and oxygen atoms in total. The van der Waals surface area contributed by atoms with Crippen LogP contribution in [0.25, 0.3) is 0 Å². The topological polar surface area (TPSA) is 35.6 Å². The van der Waals surface area contributed by atoms with E-state index in [2.05, 4.69) is 35.9 Å². The second kappa shape index (κ2) is 5.06. The number of nitrogens with one attached hydrogen (secondary N) is 1.